The molecule has 8 heteroatoms. The maximum absolute atomic E-state index is 11.6. The first-order valence-electron chi connectivity index (χ1n) is 6.74. The lowest BCUT2D eigenvalue weighted by atomic mass is 10.3. The summed E-state index contributed by atoms with van der Waals surface area (Å²) in [5.41, 5.74) is 0.818. The Balaban J connectivity index is 1.69. The highest BCUT2D eigenvalue weighted by Crippen LogP contribution is 2.22. The van der Waals surface area contributed by atoms with Crippen molar-refractivity contribution in [1.82, 2.24) is 5.32 Å². The predicted octanol–water partition coefficient (Wildman–Crippen LogP) is 3.66. The number of benzene rings is 1. The molecule has 1 heterocycles. The first kappa shape index (κ1) is 17.2. The Hall–Kier alpha value is -2.19. The van der Waals surface area contributed by atoms with Crippen LogP contribution in [0.4, 0.5) is 11.4 Å². The molecule has 1 amide bonds. The third-order valence-electron chi connectivity index (χ3n) is 2.82. The van der Waals surface area contributed by atoms with Crippen LogP contribution in [-0.2, 0) is 4.79 Å². The topological polar surface area (TPSA) is 84.3 Å². The average Bonchev–Trinajstić information content (AvgIpc) is 2.95. The summed E-state index contributed by atoms with van der Waals surface area (Å²) in [6.07, 6.45) is 3.25. The van der Waals surface area contributed by atoms with Gasteiger partial charge in [-0.15, -0.1) is 11.3 Å². The van der Waals surface area contributed by atoms with E-state index in [-0.39, 0.29) is 11.6 Å². The van der Waals surface area contributed by atoms with Crippen LogP contribution >= 0.6 is 27.3 Å². The first-order valence-corrected chi connectivity index (χ1v) is 8.35. The zero-order valence-corrected chi connectivity index (χ0v) is 14.4. The number of nitro groups is 1. The van der Waals surface area contributed by atoms with Gasteiger partial charge in [0.15, 0.2) is 0 Å². The Kier molecular flexibility index (Phi) is 6.30. The molecular weight excluding hydrogens is 382 g/mol. The number of amides is 1. The molecule has 0 atom stereocenters. The number of hydrogen-bond acceptors (Lipinski definition) is 5. The molecule has 1 aromatic carbocycles. The smallest absolute Gasteiger partial charge is 0.269 e. The number of rotatable bonds is 7. The third-order valence-corrected chi connectivity index (χ3v) is 4.41. The Morgan fingerprint density at radius 1 is 1.22 bits per heavy atom. The molecule has 120 valence electrons. The SMILES string of the molecule is O=C(/C=C/c1ccc(Br)s1)NCCNc1ccc([N+](=O)[O-])cc1. The van der Waals surface area contributed by atoms with Crippen LogP contribution in [0.1, 0.15) is 4.88 Å². The van der Waals surface area contributed by atoms with Crippen molar-refractivity contribution in [3.05, 3.63) is 61.3 Å². The molecule has 0 aliphatic rings. The summed E-state index contributed by atoms with van der Waals surface area (Å²) in [7, 11) is 0. The van der Waals surface area contributed by atoms with Crippen LogP contribution in [0.15, 0.2) is 46.3 Å². The summed E-state index contributed by atoms with van der Waals surface area (Å²) < 4.78 is 1.02. The van der Waals surface area contributed by atoms with Crippen molar-refractivity contribution < 1.29 is 9.72 Å². The molecule has 0 aliphatic carbocycles. The number of hydrogen-bond donors (Lipinski definition) is 2. The molecule has 0 aliphatic heterocycles. The van der Waals surface area contributed by atoms with Crippen molar-refractivity contribution in [3.63, 3.8) is 0 Å². The van der Waals surface area contributed by atoms with E-state index in [9.17, 15) is 14.9 Å². The molecule has 23 heavy (non-hydrogen) atoms. The fourth-order valence-corrected chi connectivity index (χ4v) is 3.05. The quantitative estimate of drug-likeness (QED) is 0.324. The lowest BCUT2D eigenvalue weighted by Crippen LogP contribution is -2.27. The Bertz CT molecular complexity index is 713. The van der Waals surface area contributed by atoms with Gasteiger partial charge in [-0.25, -0.2) is 0 Å². The fourth-order valence-electron chi connectivity index (χ4n) is 1.73. The monoisotopic (exact) mass is 395 g/mol. The summed E-state index contributed by atoms with van der Waals surface area (Å²) in [6, 6.07) is 9.99. The predicted molar refractivity (Wildman–Crippen MR) is 95.6 cm³/mol. The summed E-state index contributed by atoms with van der Waals surface area (Å²) in [6.45, 7) is 0.982. The number of nitro benzene ring substituents is 1. The Morgan fingerprint density at radius 3 is 2.57 bits per heavy atom. The Morgan fingerprint density at radius 2 is 1.96 bits per heavy atom. The number of non-ortho nitro benzene ring substituents is 1. The van der Waals surface area contributed by atoms with E-state index in [2.05, 4.69) is 26.6 Å². The molecule has 1 aromatic heterocycles. The largest absolute Gasteiger partial charge is 0.383 e. The second-order valence-corrected chi connectivity index (χ2v) is 6.99. The van der Waals surface area contributed by atoms with Gasteiger partial charge in [0.05, 0.1) is 8.71 Å². The molecular formula is C15H14BrN3O3S. The molecule has 0 spiro atoms. The molecule has 0 saturated heterocycles. The normalized spacial score (nSPS) is 10.7. The van der Waals surface area contributed by atoms with E-state index >= 15 is 0 Å². The van der Waals surface area contributed by atoms with Crippen molar-refractivity contribution in [2.75, 3.05) is 18.4 Å². The van der Waals surface area contributed by atoms with Gasteiger partial charge in [-0.3, -0.25) is 14.9 Å². The van der Waals surface area contributed by atoms with E-state index in [0.717, 1.165) is 14.4 Å². The number of thiophene rings is 1. The second kappa shape index (κ2) is 8.44. The number of halogens is 1. The van der Waals surface area contributed by atoms with Gasteiger partial charge in [0.2, 0.25) is 5.91 Å². The van der Waals surface area contributed by atoms with Gasteiger partial charge in [-0.2, -0.15) is 0 Å². The minimum atomic E-state index is -0.442. The summed E-state index contributed by atoms with van der Waals surface area (Å²) in [4.78, 5) is 22.7. The van der Waals surface area contributed by atoms with Gasteiger partial charge < -0.3 is 10.6 Å². The lowest BCUT2D eigenvalue weighted by Gasteiger charge is -2.06. The van der Waals surface area contributed by atoms with Gasteiger partial charge in [0.25, 0.3) is 5.69 Å². The Labute approximate surface area is 145 Å². The minimum absolute atomic E-state index is 0.0502. The van der Waals surface area contributed by atoms with Crippen molar-refractivity contribution in [2.45, 2.75) is 0 Å². The van der Waals surface area contributed by atoms with E-state index in [1.165, 1.54) is 18.2 Å². The zero-order chi connectivity index (χ0) is 16.7. The highest BCUT2D eigenvalue weighted by atomic mass is 79.9. The molecule has 0 saturated carbocycles. The van der Waals surface area contributed by atoms with Gasteiger partial charge in [0.1, 0.15) is 0 Å². The van der Waals surface area contributed by atoms with Crippen LogP contribution in [0.2, 0.25) is 0 Å². The summed E-state index contributed by atoms with van der Waals surface area (Å²) in [5.74, 6) is -0.167. The average molecular weight is 396 g/mol. The van der Waals surface area contributed by atoms with Crippen LogP contribution < -0.4 is 10.6 Å². The molecule has 0 fully saturated rings. The fraction of sp³-hybridized carbons (Fsp3) is 0.133. The highest BCUT2D eigenvalue weighted by molar-refractivity contribution is 9.11. The number of carbonyl (C=O) groups is 1. The lowest BCUT2D eigenvalue weighted by molar-refractivity contribution is -0.384. The van der Waals surface area contributed by atoms with Gasteiger partial charge in [-0.05, 0) is 46.3 Å². The van der Waals surface area contributed by atoms with Crippen LogP contribution in [-0.4, -0.2) is 23.9 Å². The van der Waals surface area contributed by atoms with Crippen molar-refractivity contribution in [3.8, 4) is 0 Å². The van der Waals surface area contributed by atoms with Crippen molar-refractivity contribution in [1.29, 1.82) is 0 Å². The van der Waals surface area contributed by atoms with Gasteiger partial charge >= 0.3 is 0 Å². The van der Waals surface area contributed by atoms with E-state index in [1.54, 1.807) is 29.5 Å². The van der Waals surface area contributed by atoms with Crippen LogP contribution in [0.25, 0.3) is 6.08 Å². The van der Waals surface area contributed by atoms with Crippen LogP contribution in [0.3, 0.4) is 0 Å². The van der Waals surface area contributed by atoms with Gasteiger partial charge in [-0.1, -0.05) is 0 Å². The molecule has 0 radical (unpaired) electrons. The van der Waals surface area contributed by atoms with Crippen molar-refractivity contribution in [2.24, 2.45) is 0 Å². The molecule has 2 rings (SSSR count). The molecule has 2 N–H and O–H groups in total. The molecule has 6 nitrogen and oxygen atoms in total. The number of nitrogens with one attached hydrogen (secondary N) is 2. The number of carbonyl (C=O) groups excluding carboxylic acids is 1. The first-order chi connectivity index (χ1) is 11.0. The molecule has 0 unspecified atom stereocenters. The maximum atomic E-state index is 11.6. The third kappa shape index (κ3) is 5.84. The maximum Gasteiger partial charge on any atom is 0.269 e. The minimum Gasteiger partial charge on any atom is -0.383 e. The zero-order valence-electron chi connectivity index (χ0n) is 12.0. The number of anilines is 1. The van der Waals surface area contributed by atoms with E-state index in [4.69, 9.17) is 0 Å². The molecule has 0 bridgehead atoms. The van der Waals surface area contributed by atoms with E-state index in [1.807, 2.05) is 12.1 Å². The second-order valence-electron chi connectivity index (χ2n) is 4.50. The van der Waals surface area contributed by atoms with E-state index < -0.39 is 4.92 Å². The highest BCUT2D eigenvalue weighted by Gasteiger charge is 2.03. The van der Waals surface area contributed by atoms with Crippen LogP contribution in [0.5, 0.6) is 0 Å². The van der Waals surface area contributed by atoms with E-state index in [0.29, 0.717) is 13.1 Å². The van der Waals surface area contributed by atoms with Gasteiger partial charge in [0, 0.05) is 41.9 Å². The summed E-state index contributed by atoms with van der Waals surface area (Å²) >= 11 is 4.91. The van der Waals surface area contributed by atoms with Crippen LogP contribution in [0, 0.1) is 10.1 Å². The number of nitrogens with zero attached hydrogens (tertiary/aromatic N) is 1. The molecule has 2 aromatic rings. The summed E-state index contributed by atoms with van der Waals surface area (Å²) in [5, 5.41) is 16.4. The van der Waals surface area contributed by atoms with Crippen molar-refractivity contribution >= 4 is 50.6 Å². The standard InChI is InChI=1S/C15H14BrN3O3S/c16-14-7-5-13(23-14)6-8-15(20)18-10-9-17-11-1-3-12(4-2-11)19(21)22/h1-8,17H,9-10H2,(H,18,20)/b8-6+.